The highest BCUT2D eigenvalue weighted by molar-refractivity contribution is 7.81. The predicted octanol–water partition coefficient (Wildman–Crippen LogP) is 4.47. The number of nitrogens with two attached hydrogens (primary N) is 1. The second-order valence-corrected chi connectivity index (χ2v) is 8.08. The van der Waals surface area contributed by atoms with Gasteiger partial charge in [0.05, 0.1) is 0 Å². The first-order chi connectivity index (χ1) is 9.69. The molecule has 0 radical (unpaired) electrons. The maximum atomic E-state index is 5.66. The summed E-state index contributed by atoms with van der Waals surface area (Å²) in [6.45, 7) is 0.896. The van der Waals surface area contributed by atoms with Crippen molar-refractivity contribution in [1.29, 1.82) is 0 Å². The zero-order valence-electron chi connectivity index (χ0n) is 13.1. The van der Waals surface area contributed by atoms with Gasteiger partial charge in [-0.15, -0.1) is 12.4 Å². The molecule has 0 aromatic rings. The minimum Gasteiger partial charge on any atom is -0.387 e. The van der Waals surface area contributed by atoms with Gasteiger partial charge >= 0.3 is 0 Å². The third kappa shape index (κ3) is 4.31. The summed E-state index contributed by atoms with van der Waals surface area (Å²) in [6.07, 6.45) is 14.8. The van der Waals surface area contributed by atoms with Gasteiger partial charge in [-0.1, -0.05) is 12.8 Å². The lowest BCUT2D eigenvalue weighted by Gasteiger charge is -2.57. The normalized spacial score (nSPS) is 37.6. The van der Waals surface area contributed by atoms with E-state index in [1.807, 2.05) is 0 Å². The Balaban J connectivity index is 0.00000161. The van der Waals surface area contributed by atoms with Crippen LogP contribution in [-0.4, -0.2) is 18.1 Å². The van der Waals surface area contributed by atoms with Gasteiger partial charge in [-0.3, -0.25) is 4.99 Å². The second-order valence-electron chi connectivity index (χ2n) is 7.76. The summed E-state index contributed by atoms with van der Waals surface area (Å²) in [7, 11) is 0. The van der Waals surface area contributed by atoms with E-state index in [4.69, 9.17) is 5.73 Å². The fraction of sp³-hybridized carbons (Fsp3) is 0.941. The first-order valence-electron chi connectivity index (χ1n) is 8.59. The summed E-state index contributed by atoms with van der Waals surface area (Å²) >= 11 is 4.12. The number of hydrogen-bond donors (Lipinski definition) is 2. The van der Waals surface area contributed by atoms with Crippen molar-refractivity contribution in [2.75, 3.05) is 12.3 Å². The molecule has 0 atom stereocenters. The van der Waals surface area contributed by atoms with Crippen LogP contribution >= 0.6 is 25.0 Å². The van der Waals surface area contributed by atoms with E-state index in [1.54, 1.807) is 38.5 Å². The average Bonchev–Trinajstić information content (AvgIpc) is 2.40. The standard InChI is InChI=1S/C17H30N2S.ClH/c18-16(12-20)19-5-3-1-2-4-17-9-13-6-14(10-17)8-15(7-13)11-17;/h13-15,20H,1-12H2,(H2,18,19);1H. The second kappa shape index (κ2) is 7.59. The molecule has 4 fully saturated rings. The van der Waals surface area contributed by atoms with Gasteiger partial charge in [0, 0.05) is 12.3 Å². The molecule has 0 aromatic carbocycles. The molecule has 0 unspecified atom stereocenters. The number of hydrogen-bond acceptors (Lipinski definition) is 2. The third-order valence-corrected chi connectivity index (χ3v) is 6.33. The lowest BCUT2D eigenvalue weighted by Crippen LogP contribution is -2.45. The zero-order chi connectivity index (χ0) is 14.0. The fourth-order valence-corrected chi connectivity index (χ4v) is 5.76. The SMILES string of the molecule is Cl.NC(CS)=NCCCCCC12CC3CC(CC(C3)C1)C2. The van der Waals surface area contributed by atoms with Crippen LogP contribution in [0, 0.1) is 23.2 Å². The molecule has 2 nitrogen and oxygen atoms in total. The highest BCUT2D eigenvalue weighted by Gasteiger charge is 2.50. The van der Waals surface area contributed by atoms with E-state index in [0.717, 1.165) is 29.7 Å². The monoisotopic (exact) mass is 330 g/mol. The first kappa shape index (κ1) is 17.5. The Labute approximate surface area is 141 Å². The Hall–Kier alpha value is 0.110. The molecule has 2 N–H and O–H groups in total. The topological polar surface area (TPSA) is 38.4 Å². The van der Waals surface area contributed by atoms with E-state index in [0.29, 0.717) is 11.6 Å². The van der Waals surface area contributed by atoms with Crippen molar-refractivity contribution in [2.45, 2.75) is 64.2 Å². The van der Waals surface area contributed by atoms with E-state index >= 15 is 0 Å². The number of halogens is 1. The van der Waals surface area contributed by atoms with Crippen LogP contribution in [0.25, 0.3) is 0 Å². The quantitative estimate of drug-likeness (QED) is 0.307. The van der Waals surface area contributed by atoms with Crippen molar-refractivity contribution in [1.82, 2.24) is 0 Å². The fourth-order valence-electron chi connectivity index (χ4n) is 5.66. The van der Waals surface area contributed by atoms with Crippen LogP contribution in [-0.2, 0) is 0 Å². The van der Waals surface area contributed by atoms with Gasteiger partial charge in [0.15, 0.2) is 0 Å². The van der Waals surface area contributed by atoms with Crippen molar-refractivity contribution in [3.05, 3.63) is 0 Å². The molecular weight excluding hydrogens is 300 g/mol. The van der Waals surface area contributed by atoms with E-state index < -0.39 is 0 Å². The van der Waals surface area contributed by atoms with E-state index in [9.17, 15) is 0 Å². The summed E-state index contributed by atoms with van der Waals surface area (Å²) in [6, 6.07) is 0. The Morgan fingerprint density at radius 1 is 1.00 bits per heavy atom. The van der Waals surface area contributed by atoms with Gasteiger partial charge < -0.3 is 5.73 Å². The van der Waals surface area contributed by atoms with Crippen LogP contribution in [0.4, 0.5) is 0 Å². The number of nitrogens with zero attached hydrogens (tertiary/aromatic N) is 1. The molecule has 4 heteroatoms. The number of rotatable bonds is 7. The van der Waals surface area contributed by atoms with Gasteiger partial charge in [0.25, 0.3) is 0 Å². The lowest BCUT2D eigenvalue weighted by atomic mass is 9.48. The average molecular weight is 331 g/mol. The number of thiol groups is 1. The van der Waals surface area contributed by atoms with Gasteiger partial charge in [-0.05, 0) is 74.5 Å². The maximum Gasteiger partial charge on any atom is 0.103 e. The van der Waals surface area contributed by atoms with Gasteiger partial charge in [0.2, 0.25) is 0 Å². The largest absolute Gasteiger partial charge is 0.387 e. The number of aliphatic imine (C=N–C) groups is 1. The Morgan fingerprint density at radius 2 is 1.57 bits per heavy atom. The van der Waals surface area contributed by atoms with Crippen molar-refractivity contribution in [3.63, 3.8) is 0 Å². The first-order valence-corrected chi connectivity index (χ1v) is 9.22. The van der Waals surface area contributed by atoms with Crippen molar-refractivity contribution in [3.8, 4) is 0 Å². The van der Waals surface area contributed by atoms with Gasteiger partial charge in [0.1, 0.15) is 5.84 Å². The molecule has 4 aliphatic rings. The summed E-state index contributed by atoms with van der Waals surface area (Å²) in [5.41, 5.74) is 6.43. The number of amidine groups is 1. The molecule has 0 heterocycles. The molecule has 4 rings (SSSR count). The third-order valence-electron chi connectivity index (χ3n) is 6.01. The molecule has 122 valence electrons. The van der Waals surface area contributed by atoms with Crippen LogP contribution in [0.2, 0.25) is 0 Å². The molecule has 4 bridgehead atoms. The molecule has 4 saturated carbocycles. The highest BCUT2D eigenvalue weighted by atomic mass is 35.5. The number of unbranched alkanes of at least 4 members (excludes halogenated alkanes) is 2. The Bertz CT molecular complexity index is 335. The van der Waals surface area contributed by atoms with Crippen molar-refractivity contribution >= 4 is 30.9 Å². The maximum absolute atomic E-state index is 5.66. The molecule has 4 aliphatic carbocycles. The minimum absolute atomic E-state index is 0. The molecular formula is C17H31ClN2S. The van der Waals surface area contributed by atoms with E-state index in [2.05, 4.69) is 17.6 Å². The molecule has 0 spiro atoms. The smallest absolute Gasteiger partial charge is 0.103 e. The van der Waals surface area contributed by atoms with Crippen molar-refractivity contribution < 1.29 is 0 Å². The van der Waals surface area contributed by atoms with Crippen LogP contribution in [0.5, 0.6) is 0 Å². The highest BCUT2D eigenvalue weighted by Crippen LogP contribution is 2.61. The molecule has 0 aromatic heterocycles. The Kier molecular flexibility index (Phi) is 6.31. The van der Waals surface area contributed by atoms with Gasteiger partial charge in [-0.2, -0.15) is 12.6 Å². The molecule has 0 aliphatic heterocycles. The van der Waals surface area contributed by atoms with Crippen LogP contribution in [0.1, 0.15) is 64.2 Å². The summed E-state index contributed by atoms with van der Waals surface area (Å²) in [5.74, 6) is 4.57. The summed E-state index contributed by atoms with van der Waals surface area (Å²) < 4.78 is 0. The molecule has 0 saturated heterocycles. The molecule has 21 heavy (non-hydrogen) atoms. The predicted molar refractivity (Wildman–Crippen MR) is 96.7 cm³/mol. The van der Waals surface area contributed by atoms with Crippen LogP contribution < -0.4 is 5.73 Å². The summed E-state index contributed by atoms with van der Waals surface area (Å²) in [4.78, 5) is 4.32. The van der Waals surface area contributed by atoms with Crippen molar-refractivity contribution in [2.24, 2.45) is 33.9 Å². The van der Waals surface area contributed by atoms with E-state index in [-0.39, 0.29) is 12.4 Å². The summed E-state index contributed by atoms with van der Waals surface area (Å²) in [5, 5.41) is 0. The van der Waals surface area contributed by atoms with Crippen LogP contribution in [0.3, 0.4) is 0 Å². The lowest BCUT2D eigenvalue weighted by molar-refractivity contribution is -0.0583. The zero-order valence-corrected chi connectivity index (χ0v) is 14.8. The van der Waals surface area contributed by atoms with Gasteiger partial charge in [-0.25, -0.2) is 0 Å². The Morgan fingerprint density at radius 3 is 2.10 bits per heavy atom. The van der Waals surface area contributed by atoms with Crippen LogP contribution in [0.15, 0.2) is 4.99 Å². The van der Waals surface area contributed by atoms with E-state index in [1.165, 1.54) is 25.7 Å². The molecule has 0 amide bonds. The minimum atomic E-state index is 0.